The van der Waals surface area contributed by atoms with Crippen molar-refractivity contribution in [1.82, 2.24) is 5.32 Å². The summed E-state index contributed by atoms with van der Waals surface area (Å²) in [6, 6.07) is 9.90. The van der Waals surface area contributed by atoms with Crippen molar-refractivity contribution in [3.63, 3.8) is 0 Å². The highest BCUT2D eigenvalue weighted by atomic mass is 32.2. The summed E-state index contributed by atoms with van der Waals surface area (Å²) in [6.07, 6.45) is 0. The highest BCUT2D eigenvalue weighted by Crippen LogP contribution is 2.31. The molecule has 0 spiro atoms. The van der Waals surface area contributed by atoms with Crippen molar-refractivity contribution in [2.45, 2.75) is 5.37 Å². The topological polar surface area (TPSA) is 31.2 Å². The van der Waals surface area contributed by atoms with Crippen LogP contribution in [0.25, 0.3) is 0 Å². The Bertz CT molecular complexity index is 286. The van der Waals surface area contributed by atoms with Crippen LogP contribution < -0.4 is 5.32 Å². The predicted molar refractivity (Wildman–Crippen MR) is 48.8 cm³/mol. The van der Waals surface area contributed by atoms with Crippen LogP contribution in [0.15, 0.2) is 30.3 Å². The summed E-state index contributed by atoms with van der Waals surface area (Å²) in [4.78, 5) is 10.8. The molecule has 0 aromatic heterocycles. The van der Waals surface area contributed by atoms with Crippen molar-refractivity contribution in [2.75, 3.05) is 5.75 Å². The minimum atomic E-state index is 0.00820. The Balaban J connectivity index is 2.16. The van der Waals surface area contributed by atoms with Gasteiger partial charge in [0.15, 0.2) is 0 Å². The number of hydrogen-bond acceptors (Lipinski definition) is 2. The lowest BCUT2D eigenvalue weighted by molar-refractivity contribution is -0.118. The molecule has 3 heteroatoms. The lowest BCUT2D eigenvalue weighted by atomic mass is 10.2. The Hall–Kier alpha value is -0.960. The third-order valence-electron chi connectivity index (χ3n) is 1.71. The maximum Gasteiger partial charge on any atom is 0.252 e. The summed E-state index contributed by atoms with van der Waals surface area (Å²) >= 11 is 1.59. The van der Waals surface area contributed by atoms with Crippen LogP contribution in [-0.2, 0) is 4.79 Å². The van der Waals surface area contributed by atoms with Crippen LogP contribution in [0.2, 0.25) is 0 Å². The fourth-order valence-electron chi connectivity index (χ4n) is 1.14. The molecule has 1 radical (unpaired) electrons. The molecule has 1 aromatic carbocycles. The molecule has 1 atom stereocenters. The molecule has 1 aliphatic heterocycles. The quantitative estimate of drug-likeness (QED) is 0.653. The van der Waals surface area contributed by atoms with Crippen LogP contribution in [-0.4, -0.2) is 11.7 Å². The van der Waals surface area contributed by atoms with Gasteiger partial charge >= 0.3 is 0 Å². The van der Waals surface area contributed by atoms with Crippen molar-refractivity contribution >= 4 is 17.7 Å². The third-order valence-corrected chi connectivity index (χ3v) is 2.82. The van der Waals surface area contributed by atoms with Crippen LogP contribution >= 0.6 is 11.8 Å². The molecule has 1 heterocycles. The molecule has 1 fully saturated rings. The summed E-state index contributed by atoms with van der Waals surface area (Å²) in [5.41, 5.74) is 1.12. The minimum Gasteiger partial charge on any atom is -0.272 e. The van der Waals surface area contributed by atoms with Crippen molar-refractivity contribution in [2.24, 2.45) is 0 Å². The smallest absolute Gasteiger partial charge is 0.252 e. The molecule has 1 aliphatic rings. The van der Waals surface area contributed by atoms with E-state index in [1.54, 1.807) is 11.8 Å². The molecule has 0 N–H and O–H groups in total. The Morgan fingerprint density at radius 1 is 1.33 bits per heavy atom. The van der Waals surface area contributed by atoms with Gasteiger partial charge in [0.2, 0.25) is 0 Å². The highest BCUT2D eigenvalue weighted by molar-refractivity contribution is 8.00. The Morgan fingerprint density at radius 3 is 2.67 bits per heavy atom. The van der Waals surface area contributed by atoms with Gasteiger partial charge in [-0.1, -0.05) is 30.3 Å². The zero-order chi connectivity index (χ0) is 8.39. The molecule has 1 aromatic rings. The first-order chi connectivity index (χ1) is 5.86. The summed E-state index contributed by atoms with van der Waals surface area (Å²) < 4.78 is 0. The van der Waals surface area contributed by atoms with Gasteiger partial charge in [0.1, 0.15) is 5.37 Å². The average Bonchev–Trinajstić information content (AvgIpc) is 2.54. The lowest BCUT2D eigenvalue weighted by Gasteiger charge is -2.05. The summed E-state index contributed by atoms with van der Waals surface area (Å²) in [5.74, 6) is 0.536. The number of hydrogen-bond donors (Lipinski definition) is 0. The van der Waals surface area contributed by atoms with E-state index in [0.29, 0.717) is 5.75 Å². The van der Waals surface area contributed by atoms with Crippen LogP contribution in [0.1, 0.15) is 10.9 Å². The number of amides is 1. The summed E-state index contributed by atoms with van der Waals surface area (Å²) in [5, 5.41) is 4.02. The largest absolute Gasteiger partial charge is 0.272 e. The van der Waals surface area contributed by atoms with Gasteiger partial charge in [-0.2, -0.15) is 0 Å². The van der Waals surface area contributed by atoms with E-state index in [-0.39, 0.29) is 11.3 Å². The normalized spacial score (nSPS) is 22.3. The molecule has 1 amide bonds. The molecule has 0 bridgehead atoms. The number of carbonyl (C=O) groups is 1. The van der Waals surface area contributed by atoms with E-state index < -0.39 is 0 Å². The van der Waals surface area contributed by atoms with Crippen LogP contribution in [0.5, 0.6) is 0 Å². The third kappa shape index (κ3) is 1.46. The number of rotatable bonds is 1. The monoisotopic (exact) mass is 178 g/mol. The number of thioether (sulfide) groups is 1. The average molecular weight is 178 g/mol. The van der Waals surface area contributed by atoms with E-state index >= 15 is 0 Å². The fraction of sp³-hybridized carbons (Fsp3) is 0.222. The maximum absolute atomic E-state index is 10.8. The van der Waals surface area contributed by atoms with Gasteiger partial charge in [0.25, 0.3) is 5.91 Å². The van der Waals surface area contributed by atoms with Crippen LogP contribution in [0.4, 0.5) is 0 Å². The second-order valence-corrected chi connectivity index (χ2v) is 3.67. The van der Waals surface area contributed by atoms with Gasteiger partial charge in [-0.05, 0) is 5.56 Å². The van der Waals surface area contributed by atoms with Crippen LogP contribution in [0, 0.1) is 0 Å². The second-order valence-electron chi connectivity index (χ2n) is 2.60. The van der Waals surface area contributed by atoms with Crippen molar-refractivity contribution < 1.29 is 4.79 Å². The van der Waals surface area contributed by atoms with E-state index in [1.807, 2.05) is 30.3 Å². The van der Waals surface area contributed by atoms with Crippen molar-refractivity contribution in [3.8, 4) is 0 Å². The summed E-state index contributed by atoms with van der Waals surface area (Å²) in [6.45, 7) is 0. The van der Waals surface area contributed by atoms with Gasteiger partial charge in [-0.15, -0.1) is 11.8 Å². The van der Waals surface area contributed by atoms with Crippen molar-refractivity contribution in [3.05, 3.63) is 35.9 Å². The van der Waals surface area contributed by atoms with E-state index in [4.69, 9.17) is 0 Å². The number of nitrogens with zero attached hydrogens (tertiary/aromatic N) is 1. The van der Waals surface area contributed by atoms with Crippen molar-refractivity contribution in [1.29, 1.82) is 0 Å². The molecule has 0 saturated carbocycles. The highest BCUT2D eigenvalue weighted by Gasteiger charge is 2.24. The minimum absolute atomic E-state index is 0.00820. The van der Waals surface area contributed by atoms with Gasteiger partial charge in [-0.25, -0.2) is 5.32 Å². The van der Waals surface area contributed by atoms with E-state index in [1.165, 1.54) is 0 Å². The molecular weight excluding hydrogens is 170 g/mol. The van der Waals surface area contributed by atoms with E-state index in [9.17, 15) is 4.79 Å². The van der Waals surface area contributed by atoms with Gasteiger partial charge in [-0.3, -0.25) is 4.79 Å². The molecule has 0 aliphatic carbocycles. The lowest BCUT2D eigenvalue weighted by Crippen LogP contribution is -2.10. The number of benzene rings is 1. The summed E-state index contributed by atoms with van der Waals surface area (Å²) in [7, 11) is 0. The first-order valence-corrected chi connectivity index (χ1v) is 4.81. The Kier molecular flexibility index (Phi) is 2.04. The molecule has 2 nitrogen and oxygen atoms in total. The standard InChI is InChI=1S/C9H8NOS/c11-8-6-12-9(10-8)7-4-2-1-3-5-7/h1-5,9H,6H2. The van der Waals surface area contributed by atoms with E-state index in [0.717, 1.165) is 5.56 Å². The molecule has 2 rings (SSSR count). The molecule has 1 unspecified atom stereocenters. The zero-order valence-electron chi connectivity index (χ0n) is 6.43. The molecular formula is C9H8NOS. The van der Waals surface area contributed by atoms with E-state index in [2.05, 4.69) is 5.32 Å². The number of carbonyl (C=O) groups excluding carboxylic acids is 1. The van der Waals surface area contributed by atoms with Gasteiger partial charge in [0, 0.05) is 0 Å². The second kappa shape index (κ2) is 3.19. The molecule has 61 valence electrons. The van der Waals surface area contributed by atoms with Gasteiger partial charge < -0.3 is 0 Å². The molecule has 1 saturated heterocycles. The first-order valence-electron chi connectivity index (χ1n) is 3.76. The fourth-order valence-corrected chi connectivity index (χ4v) is 2.06. The first kappa shape index (κ1) is 7.68. The van der Waals surface area contributed by atoms with Crippen LogP contribution in [0.3, 0.4) is 0 Å². The predicted octanol–water partition coefficient (Wildman–Crippen LogP) is 1.56. The zero-order valence-corrected chi connectivity index (χ0v) is 7.25. The van der Waals surface area contributed by atoms with Gasteiger partial charge in [0.05, 0.1) is 5.75 Å². The maximum atomic E-state index is 10.8. The Labute approximate surface area is 75.4 Å². The molecule has 12 heavy (non-hydrogen) atoms. The SMILES string of the molecule is O=C1CSC(c2ccccc2)[N]1. The Morgan fingerprint density at radius 2 is 2.08 bits per heavy atom.